The lowest BCUT2D eigenvalue weighted by Gasteiger charge is -2.09. The first-order chi connectivity index (χ1) is 11.8. The summed E-state index contributed by atoms with van der Waals surface area (Å²) in [6, 6.07) is 7.87. The van der Waals surface area contributed by atoms with Crippen LogP contribution in [0, 0.1) is 12.7 Å². The molecule has 1 N–H and O–H groups in total. The maximum atomic E-state index is 13.6. The SMILES string of the molecule is Cc1ccc(NS(=O)(=O)c2cc(-c3ccnn3C(C)C)cs2)cc1F. The molecule has 132 valence electrons. The molecular formula is C17H18FN3O2S2. The molecular weight excluding hydrogens is 361 g/mol. The standard InChI is InChI=1S/C17H18FN3O2S2/c1-11(2)21-16(6-7-19-21)13-8-17(24-10-13)25(22,23)20-14-5-4-12(3)15(18)9-14/h4-11,20H,1-3H3. The molecule has 3 rings (SSSR count). The number of nitrogens with zero attached hydrogens (tertiary/aromatic N) is 2. The minimum Gasteiger partial charge on any atom is -0.279 e. The quantitative estimate of drug-likeness (QED) is 0.713. The van der Waals surface area contributed by atoms with Gasteiger partial charge in [-0.1, -0.05) is 6.07 Å². The molecule has 0 spiro atoms. The highest BCUT2D eigenvalue weighted by atomic mass is 32.2. The van der Waals surface area contributed by atoms with Crippen molar-refractivity contribution in [2.75, 3.05) is 4.72 Å². The molecule has 0 aliphatic carbocycles. The van der Waals surface area contributed by atoms with Gasteiger partial charge in [0.2, 0.25) is 0 Å². The van der Waals surface area contributed by atoms with Crippen LogP contribution in [0.1, 0.15) is 25.5 Å². The Morgan fingerprint density at radius 1 is 1.24 bits per heavy atom. The molecule has 0 amide bonds. The van der Waals surface area contributed by atoms with Crippen molar-refractivity contribution in [1.82, 2.24) is 9.78 Å². The first-order valence-electron chi connectivity index (χ1n) is 7.69. The fourth-order valence-electron chi connectivity index (χ4n) is 2.41. The molecule has 5 nitrogen and oxygen atoms in total. The Labute approximate surface area is 150 Å². The first-order valence-corrected chi connectivity index (χ1v) is 10.1. The number of sulfonamides is 1. The van der Waals surface area contributed by atoms with Gasteiger partial charge in [0.1, 0.15) is 10.0 Å². The lowest BCUT2D eigenvalue weighted by atomic mass is 10.2. The molecule has 3 aromatic rings. The summed E-state index contributed by atoms with van der Waals surface area (Å²) in [5.74, 6) is -0.451. The number of hydrogen-bond donors (Lipinski definition) is 1. The Kier molecular flexibility index (Phi) is 4.66. The summed E-state index contributed by atoms with van der Waals surface area (Å²) in [6.45, 7) is 5.64. The Hall–Kier alpha value is -2.19. The number of halogens is 1. The maximum absolute atomic E-state index is 13.6. The summed E-state index contributed by atoms with van der Waals surface area (Å²) >= 11 is 1.12. The molecule has 0 unspecified atom stereocenters. The summed E-state index contributed by atoms with van der Waals surface area (Å²) in [5.41, 5.74) is 2.30. The van der Waals surface area contributed by atoms with Crippen LogP contribution < -0.4 is 4.72 Å². The van der Waals surface area contributed by atoms with E-state index >= 15 is 0 Å². The molecule has 0 fully saturated rings. The molecule has 0 atom stereocenters. The number of benzene rings is 1. The zero-order valence-electron chi connectivity index (χ0n) is 14.0. The lowest BCUT2D eigenvalue weighted by Crippen LogP contribution is -2.11. The number of anilines is 1. The summed E-state index contributed by atoms with van der Waals surface area (Å²) < 4.78 is 43.2. The van der Waals surface area contributed by atoms with Gasteiger partial charge >= 0.3 is 0 Å². The summed E-state index contributed by atoms with van der Waals surface area (Å²) in [4.78, 5) is 0. The number of aryl methyl sites for hydroxylation is 1. The molecule has 1 aromatic carbocycles. The van der Waals surface area contributed by atoms with E-state index < -0.39 is 15.8 Å². The van der Waals surface area contributed by atoms with E-state index in [1.165, 1.54) is 18.2 Å². The van der Waals surface area contributed by atoms with Crippen molar-refractivity contribution in [3.05, 3.63) is 53.3 Å². The van der Waals surface area contributed by atoms with Crippen molar-refractivity contribution < 1.29 is 12.8 Å². The number of aromatic nitrogens is 2. The van der Waals surface area contributed by atoms with E-state index in [-0.39, 0.29) is 15.9 Å². The monoisotopic (exact) mass is 379 g/mol. The Balaban J connectivity index is 1.90. The van der Waals surface area contributed by atoms with Crippen LogP contribution in [0.4, 0.5) is 10.1 Å². The molecule has 0 saturated heterocycles. The highest BCUT2D eigenvalue weighted by Gasteiger charge is 2.19. The number of hydrogen-bond acceptors (Lipinski definition) is 4. The topological polar surface area (TPSA) is 64.0 Å². The smallest absolute Gasteiger partial charge is 0.271 e. The van der Waals surface area contributed by atoms with Gasteiger partial charge in [-0.2, -0.15) is 5.10 Å². The van der Waals surface area contributed by atoms with Gasteiger partial charge in [0.05, 0.1) is 11.4 Å². The van der Waals surface area contributed by atoms with E-state index in [0.717, 1.165) is 22.6 Å². The van der Waals surface area contributed by atoms with Crippen LogP contribution in [0.25, 0.3) is 11.3 Å². The van der Waals surface area contributed by atoms with Gasteiger partial charge in [-0.05, 0) is 50.6 Å². The highest BCUT2D eigenvalue weighted by Crippen LogP contribution is 2.30. The minimum absolute atomic E-state index is 0.165. The summed E-state index contributed by atoms with van der Waals surface area (Å²) in [5, 5.41) is 6.04. The van der Waals surface area contributed by atoms with Gasteiger partial charge in [0.25, 0.3) is 10.0 Å². The second kappa shape index (κ2) is 6.61. The Morgan fingerprint density at radius 2 is 2.00 bits per heavy atom. The van der Waals surface area contributed by atoms with Gasteiger partial charge in [-0.15, -0.1) is 11.3 Å². The van der Waals surface area contributed by atoms with E-state index in [2.05, 4.69) is 9.82 Å². The van der Waals surface area contributed by atoms with Gasteiger partial charge in [-0.25, -0.2) is 12.8 Å². The third-order valence-electron chi connectivity index (χ3n) is 3.72. The fourth-order valence-corrected chi connectivity index (χ4v) is 4.63. The van der Waals surface area contributed by atoms with Crippen LogP contribution in [-0.2, 0) is 10.0 Å². The van der Waals surface area contributed by atoms with Gasteiger partial charge in [0.15, 0.2) is 0 Å². The van der Waals surface area contributed by atoms with Crippen LogP contribution in [0.2, 0.25) is 0 Å². The second-order valence-electron chi connectivity index (χ2n) is 5.98. The van der Waals surface area contributed by atoms with E-state index in [1.54, 1.807) is 24.6 Å². The zero-order valence-corrected chi connectivity index (χ0v) is 15.7. The second-order valence-corrected chi connectivity index (χ2v) is 8.80. The molecule has 2 heterocycles. The predicted molar refractivity (Wildman–Crippen MR) is 97.9 cm³/mol. The fraction of sp³-hybridized carbons (Fsp3) is 0.235. The van der Waals surface area contributed by atoms with Crippen LogP contribution in [0.3, 0.4) is 0 Å². The van der Waals surface area contributed by atoms with E-state index in [4.69, 9.17) is 0 Å². The normalized spacial score (nSPS) is 11.9. The van der Waals surface area contributed by atoms with Crippen molar-refractivity contribution in [2.45, 2.75) is 31.0 Å². The molecule has 0 saturated carbocycles. The first kappa shape index (κ1) is 17.6. The van der Waals surface area contributed by atoms with Crippen molar-refractivity contribution in [3.63, 3.8) is 0 Å². The third kappa shape index (κ3) is 3.59. The highest BCUT2D eigenvalue weighted by molar-refractivity contribution is 7.94. The molecule has 2 aromatic heterocycles. The molecule has 25 heavy (non-hydrogen) atoms. The van der Waals surface area contributed by atoms with E-state index in [9.17, 15) is 12.8 Å². The predicted octanol–water partition coefficient (Wildman–Crippen LogP) is 4.44. The van der Waals surface area contributed by atoms with Gasteiger partial charge in [-0.3, -0.25) is 9.40 Å². The van der Waals surface area contributed by atoms with Crippen molar-refractivity contribution >= 4 is 27.0 Å². The van der Waals surface area contributed by atoms with Crippen LogP contribution in [0.15, 0.2) is 46.1 Å². The summed E-state index contributed by atoms with van der Waals surface area (Å²) in [6.07, 6.45) is 1.69. The lowest BCUT2D eigenvalue weighted by molar-refractivity contribution is 0.538. The Bertz CT molecular complexity index is 1010. The van der Waals surface area contributed by atoms with Crippen molar-refractivity contribution in [2.24, 2.45) is 0 Å². The van der Waals surface area contributed by atoms with Gasteiger partial charge < -0.3 is 0 Å². The van der Waals surface area contributed by atoms with Crippen LogP contribution >= 0.6 is 11.3 Å². The number of nitrogens with one attached hydrogen (secondary N) is 1. The van der Waals surface area contributed by atoms with Crippen molar-refractivity contribution in [3.8, 4) is 11.3 Å². The van der Waals surface area contributed by atoms with E-state index in [0.29, 0.717) is 5.56 Å². The molecule has 0 radical (unpaired) electrons. The largest absolute Gasteiger partial charge is 0.279 e. The molecule has 0 aliphatic rings. The molecule has 0 aliphatic heterocycles. The average Bonchev–Trinajstić information content (AvgIpc) is 3.18. The molecule has 0 bridgehead atoms. The minimum atomic E-state index is -3.77. The average molecular weight is 379 g/mol. The van der Waals surface area contributed by atoms with Crippen LogP contribution in [-0.4, -0.2) is 18.2 Å². The third-order valence-corrected chi connectivity index (χ3v) is 6.54. The number of thiophene rings is 1. The maximum Gasteiger partial charge on any atom is 0.271 e. The molecule has 8 heteroatoms. The van der Waals surface area contributed by atoms with Crippen molar-refractivity contribution in [1.29, 1.82) is 0 Å². The zero-order chi connectivity index (χ0) is 18.2. The van der Waals surface area contributed by atoms with E-state index in [1.807, 2.05) is 24.6 Å². The van der Waals surface area contributed by atoms with Gasteiger partial charge in [0, 0.05) is 23.2 Å². The Morgan fingerprint density at radius 3 is 2.68 bits per heavy atom. The number of rotatable bonds is 5. The van der Waals surface area contributed by atoms with Crippen LogP contribution in [0.5, 0.6) is 0 Å². The summed E-state index contributed by atoms with van der Waals surface area (Å²) in [7, 11) is -3.77.